The van der Waals surface area contributed by atoms with Gasteiger partial charge in [0.2, 0.25) is 5.91 Å². The third-order valence-electron chi connectivity index (χ3n) is 5.66. The van der Waals surface area contributed by atoms with E-state index in [4.69, 9.17) is 4.74 Å². The first kappa shape index (κ1) is 27.1. The van der Waals surface area contributed by atoms with Crippen molar-refractivity contribution in [1.82, 2.24) is 15.1 Å². The van der Waals surface area contributed by atoms with Crippen molar-refractivity contribution in [2.75, 3.05) is 52.3 Å². The number of nitrogens with zero attached hydrogens (tertiary/aromatic N) is 3. The average Bonchev–Trinajstić information content (AvgIpc) is 2.80. The Morgan fingerprint density at radius 1 is 1.15 bits per heavy atom. The van der Waals surface area contributed by atoms with Crippen molar-refractivity contribution in [2.45, 2.75) is 26.4 Å². The van der Waals surface area contributed by atoms with Gasteiger partial charge in [0.25, 0.3) is 0 Å². The van der Waals surface area contributed by atoms with Crippen molar-refractivity contribution in [1.29, 1.82) is 0 Å². The number of aryl methyl sites for hydroxylation is 1. The van der Waals surface area contributed by atoms with Crippen molar-refractivity contribution in [2.24, 2.45) is 4.99 Å². The largest absolute Gasteiger partial charge is 0.379 e. The van der Waals surface area contributed by atoms with Gasteiger partial charge in [-0.1, -0.05) is 36.4 Å². The van der Waals surface area contributed by atoms with Gasteiger partial charge in [0, 0.05) is 58.9 Å². The standard InChI is InChI=1S/C25H35N5O2.HI/c1-20-7-4-5-9-22(20)19-29(3)25(26-2)27-18-21-8-6-10-23(17-21)28-24(31)11-12-30-13-15-32-16-14-30;/h4-10,17H,11-16,18-19H2,1-3H3,(H,26,27)(H,28,31);1H. The monoisotopic (exact) mass is 565 g/mol. The van der Waals surface area contributed by atoms with Gasteiger partial charge in [-0.3, -0.25) is 14.7 Å². The molecule has 3 rings (SSSR count). The summed E-state index contributed by atoms with van der Waals surface area (Å²) >= 11 is 0. The highest BCUT2D eigenvalue weighted by Crippen LogP contribution is 2.13. The summed E-state index contributed by atoms with van der Waals surface area (Å²) < 4.78 is 5.35. The number of halogens is 1. The molecular formula is C25H36IN5O2. The molecule has 0 aromatic heterocycles. The van der Waals surface area contributed by atoms with E-state index < -0.39 is 0 Å². The number of benzene rings is 2. The Bertz CT molecular complexity index is 915. The molecule has 8 heteroatoms. The Morgan fingerprint density at radius 3 is 2.64 bits per heavy atom. The molecule has 33 heavy (non-hydrogen) atoms. The maximum atomic E-state index is 12.4. The fraction of sp³-hybridized carbons (Fsp3) is 0.440. The molecule has 1 aliphatic heterocycles. The molecule has 0 saturated carbocycles. The summed E-state index contributed by atoms with van der Waals surface area (Å²) in [6, 6.07) is 16.3. The Balaban J connectivity index is 0.00000385. The van der Waals surface area contributed by atoms with Gasteiger partial charge < -0.3 is 20.3 Å². The minimum atomic E-state index is 0. The van der Waals surface area contributed by atoms with Gasteiger partial charge in [0.1, 0.15) is 0 Å². The van der Waals surface area contributed by atoms with Crippen molar-refractivity contribution < 1.29 is 9.53 Å². The predicted octanol–water partition coefficient (Wildman–Crippen LogP) is 3.48. The van der Waals surface area contributed by atoms with Crippen LogP contribution in [0.5, 0.6) is 0 Å². The third-order valence-corrected chi connectivity index (χ3v) is 5.66. The highest BCUT2D eigenvalue weighted by atomic mass is 127. The highest BCUT2D eigenvalue weighted by Gasteiger charge is 2.12. The lowest BCUT2D eigenvalue weighted by Gasteiger charge is -2.26. The fourth-order valence-corrected chi connectivity index (χ4v) is 3.75. The van der Waals surface area contributed by atoms with E-state index in [-0.39, 0.29) is 29.9 Å². The number of ether oxygens (including phenoxy) is 1. The molecule has 1 aliphatic rings. The second-order valence-corrected chi connectivity index (χ2v) is 8.14. The fourth-order valence-electron chi connectivity index (χ4n) is 3.75. The Morgan fingerprint density at radius 2 is 1.91 bits per heavy atom. The number of nitrogens with one attached hydrogen (secondary N) is 2. The zero-order chi connectivity index (χ0) is 22.8. The van der Waals surface area contributed by atoms with E-state index in [1.807, 2.05) is 31.3 Å². The highest BCUT2D eigenvalue weighted by molar-refractivity contribution is 14.0. The summed E-state index contributed by atoms with van der Waals surface area (Å²) in [7, 11) is 3.83. The SMILES string of the molecule is CN=C(NCc1cccc(NC(=O)CCN2CCOCC2)c1)N(C)Cc1ccccc1C.I. The molecule has 1 fully saturated rings. The van der Waals surface area contributed by atoms with Crippen LogP contribution in [0.4, 0.5) is 5.69 Å². The molecule has 1 saturated heterocycles. The first-order valence-electron chi connectivity index (χ1n) is 11.2. The molecule has 0 aliphatic carbocycles. The van der Waals surface area contributed by atoms with Gasteiger partial charge in [0.05, 0.1) is 13.2 Å². The van der Waals surface area contributed by atoms with E-state index in [0.717, 1.165) is 56.6 Å². The van der Waals surface area contributed by atoms with Crippen molar-refractivity contribution in [3.63, 3.8) is 0 Å². The second-order valence-electron chi connectivity index (χ2n) is 8.14. The molecule has 1 heterocycles. The number of morpholine rings is 1. The van der Waals surface area contributed by atoms with Gasteiger partial charge in [-0.2, -0.15) is 0 Å². The van der Waals surface area contributed by atoms with Crippen LogP contribution in [0, 0.1) is 6.92 Å². The van der Waals surface area contributed by atoms with Crippen LogP contribution in [-0.2, 0) is 22.6 Å². The number of rotatable bonds is 8. The summed E-state index contributed by atoms with van der Waals surface area (Å²) in [6.07, 6.45) is 0.485. The van der Waals surface area contributed by atoms with Crippen LogP contribution in [0.2, 0.25) is 0 Å². The molecule has 1 amide bonds. The predicted molar refractivity (Wildman–Crippen MR) is 145 cm³/mol. The lowest BCUT2D eigenvalue weighted by Crippen LogP contribution is -2.38. The summed E-state index contributed by atoms with van der Waals surface area (Å²) in [6.45, 7) is 7.59. The Labute approximate surface area is 214 Å². The minimum absolute atomic E-state index is 0. The maximum Gasteiger partial charge on any atom is 0.225 e. The molecule has 2 aromatic rings. The number of amides is 1. The first-order valence-corrected chi connectivity index (χ1v) is 11.2. The van der Waals surface area contributed by atoms with Crippen LogP contribution in [0.25, 0.3) is 0 Å². The summed E-state index contributed by atoms with van der Waals surface area (Å²) in [5.74, 6) is 0.864. The van der Waals surface area contributed by atoms with Crippen LogP contribution in [0.1, 0.15) is 23.1 Å². The summed E-state index contributed by atoms with van der Waals surface area (Å²) in [5, 5.41) is 6.44. The maximum absolute atomic E-state index is 12.4. The van der Waals surface area contributed by atoms with E-state index in [1.54, 1.807) is 7.05 Å². The molecule has 2 N–H and O–H groups in total. The van der Waals surface area contributed by atoms with E-state index in [0.29, 0.717) is 13.0 Å². The lowest BCUT2D eigenvalue weighted by molar-refractivity contribution is -0.116. The number of aliphatic imine (C=N–C) groups is 1. The van der Waals surface area contributed by atoms with Gasteiger partial charge >= 0.3 is 0 Å². The quantitative estimate of drug-likeness (QED) is 0.292. The van der Waals surface area contributed by atoms with Crippen molar-refractivity contribution in [3.8, 4) is 0 Å². The summed E-state index contributed by atoms with van der Waals surface area (Å²) in [4.78, 5) is 21.2. The number of hydrogen-bond acceptors (Lipinski definition) is 4. The number of anilines is 1. The molecule has 0 spiro atoms. The zero-order valence-electron chi connectivity index (χ0n) is 19.8. The molecule has 7 nitrogen and oxygen atoms in total. The number of carbonyl (C=O) groups is 1. The topological polar surface area (TPSA) is 69.2 Å². The van der Waals surface area contributed by atoms with Crippen LogP contribution in [0.15, 0.2) is 53.5 Å². The minimum Gasteiger partial charge on any atom is -0.379 e. The molecule has 0 bridgehead atoms. The third kappa shape index (κ3) is 8.94. The first-order chi connectivity index (χ1) is 15.5. The van der Waals surface area contributed by atoms with Crippen molar-refractivity contribution in [3.05, 3.63) is 65.2 Å². The molecule has 0 unspecified atom stereocenters. The second kappa shape index (κ2) is 14.2. The summed E-state index contributed by atoms with van der Waals surface area (Å²) in [5.41, 5.74) is 4.45. The van der Waals surface area contributed by atoms with E-state index in [1.165, 1.54) is 11.1 Å². The molecule has 180 valence electrons. The van der Waals surface area contributed by atoms with Crippen molar-refractivity contribution >= 4 is 41.5 Å². The van der Waals surface area contributed by atoms with Gasteiger partial charge in [0.15, 0.2) is 5.96 Å². The van der Waals surface area contributed by atoms with E-state index in [9.17, 15) is 4.79 Å². The van der Waals surface area contributed by atoms with Gasteiger partial charge in [-0.25, -0.2) is 0 Å². The number of guanidine groups is 1. The lowest BCUT2D eigenvalue weighted by atomic mass is 10.1. The van der Waals surface area contributed by atoms with E-state index in [2.05, 4.69) is 56.6 Å². The Kier molecular flexibility index (Phi) is 11.6. The average molecular weight is 566 g/mol. The number of carbonyl (C=O) groups excluding carboxylic acids is 1. The Hall–Kier alpha value is -2.17. The number of hydrogen-bond donors (Lipinski definition) is 2. The normalized spacial score (nSPS) is 14.3. The van der Waals surface area contributed by atoms with Crippen LogP contribution < -0.4 is 10.6 Å². The molecule has 0 atom stereocenters. The van der Waals surface area contributed by atoms with Crippen LogP contribution >= 0.6 is 24.0 Å². The van der Waals surface area contributed by atoms with E-state index >= 15 is 0 Å². The molecular weight excluding hydrogens is 529 g/mol. The molecule has 0 radical (unpaired) electrons. The molecule has 2 aromatic carbocycles. The van der Waals surface area contributed by atoms with Crippen LogP contribution in [-0.4, -0.2) is 68.6 Å². The van der Waals surface area contributed by atoms with Gasteiger partial charge in [-0.05, 0) is 35.7 Å². The van der Waals surface area contributed by atoms with Crippen LogP contribution in [0.3, 0.4) is 0 Å². The smallest absolute Gasteiger partial charge is 0.225 e. The zero-order valence-corrected chi connectivity index (χ0v) is 22.2. The van der Waals surface area contributed by atoms with Gasteiger partial charge in [-0.15, -0.1) is 24.0 Å².